The zero-order valence-electron chi connectivity index (χ0n) is 28.0. The summed E-state index contributed by atoms with van der Waals surface area (Å²) in [4.78, 5) is 37.4. The molecule has 3 aromatic rings. The van der Waals surface area contributed by atoms with Gasteiger partial charge in [0.15, 0.2) is 0 Å². The molecule has 2 atom stereocenters. The van der Waals surface area contributed by atoms with Crippen molar-refractivity contribution in [1.82, 2.24) is 25.3 Å². The fourth-order valence-corrected chi connectivity index (χ4v) is 8.23. The van der Waals surface area contributed by atoms with Crippen LogP contribution < -0.4 is 15.5 Å². The molecule has 8 nitrogen and oxygen atoms in total. The summed E-state index contributed by atoms with van der Waals surface area (Å²) in [5.41, 5.74) is 6.01. The van der Waals surface area contributed by atoms with E-state index in [1.54, 1.807) is 0 Å². The van der Waals surface area contributed by atoms with Gasteiger partial charge in [0.05, 0.1) is 6.04 Å². The topological polar surface area (TPSA) is 71.2 Å². The molecule has 4 aliphatic heterocycles. The summed E-state index contributed by atoms with van der Waals surface area (Å²) in [5, 5.41) is 7.18. The lowest BCUT2D eigenvalue weighted by Crippen LogP contribution is -2.58. The molecule has 7 rings (SSSR count). The number of fused-ring (bicyclic) bond motifs is 1. The lowest BCUT2D eigenvalue weighted by atomic mass is 9.95. The molecule has 4 aliphatic rings. The second-order valence-electron chi connectivity index (χ2n) is 14.0. The fourth-order valence-electron chi connectivity index (χ4n) is 8.10. The van der Waals surface area contributed by atoms with Crippen molar-refractivity contribution < 1.29 is 9.59 Å². The van der Waals surface area contributed by atoms with E-state index >= 15 is 0 Å². The maximum atomic E-state index is 14.1. The highest BCUT2D eigenvalue weighted by molar-refractivity contribution is 6.30. The zero-order chi connectivity index (χ0) is 32.9. The van der Waals surface area contributed by atoms with Crippen LogP contribution in [-0.2, 0) is 35.5 Å². The molecule has 2 amide bonds. The van der Waals surface area contributed by atoms with Gasteiger partial charge in [-0.05, 0) is 98.7 Å². The van der Waals surface area contributed by atoms with E-state index in [1.165, 1.54) is 61.2 Å². The Morgan fingerprint density at radius 1 is 0.812 bits per heavy atom. The molecule has 254 valence electrons. The first-order chi connectivity index (χ1) is 23.5. The second-order valence-corrected chi connectivity index (χ2v) is 14.4. The van der Waals surface area contributed by atoms with Crippen molar-refractivity contribution in [3.63, 3.8) is 0 Å². The number of carbonyl (C=O) groups is 2. The summed E-state index contributed by atoms with van der Waals surface area (Å²) in [6.07, 6.45) is 6.28. The van der Waals surface area contributed by atoms with Crippen molar-refractivity contribution >= 4 is 29.1 Å². The van der Waals surface area contributed by atoms with E-state index in [1.807, 2.05) is 41.3 Å². The summed E-state index contributed by atoms with van der Waals surface area (Å²) in [5.74, 6) is -0.155. The van der Waals surface area contributed by atoms with Crippen LogP contribution in [-0.4, -0.2) is 97.0 Å². The average molecular weight is 669 g/mol. The van der Waals surface area contributed by atoms with Gasteiger partial charge < -0.3 is 25.3 Å². The van der Waals surface area contributed by atoms with Crippen molar-refractivity contribution in [3.05, 3.63) is 100 Å². The molecule has 4 heterocycles. The van der Waals surface area contributed by atoms with Crippen LogP contribution in [0, 0.1) is 0 Å². The Kier molecular flexibility index (Phi) is 10.6. The van der Waals surface area contributed by atoms with Crippen molar-refractivity contribution in [2.45, 2.75) is 69.7 Å². The molecular weight excluding hydrogens is 620 g/mol. The van der Waals surface area contributed by atoms with Gasteiger partial charge in [-0.2, -0.15) is 0 Å². The lowest BCUT2D eigenvalue weighted by molar-refractivity contribution is -0.137. The lowest BCUT2D eigenvalue weighted by Gasteiger charge is -2.40. The maximum Gasteiger partial charge on any atom is 0.245 e. The molecule has 0 aromatic heterocycles. The Bertz CT molecular complexity index is 1540. The van der Waals surface area contributed by atoms with Crippen molar-refractivity contribution in [2.24, 2.45) is 0 Å². The SMILES string of the molecule is O=C(N[C@H](Cc1ccc(Cl)cc1)C(=O)N1CCN(c2ccccc2CN2CCC(N3CCCC3)CC2)CC1)[C@H]1Cc2ccccc2CN1. The summed E-state index contributed by atoms with van der Waals surface area (Å²) < 4.78 is 0. The number of likely N-dealkylation sites (tertiary alicyclic amines) is 2. The zero-order valence-corrected chi connectivity index (χ0v) is 28.7. The van der Waals surface area contributed by atoms with E-state index < -0.39 is 6.04 Å². The fraction of sp³-hybridized carbons (Fsp3) is 0.487. The first-order valence-corrected chi connectivity index (χ1v) is 18.3. The molecule has 2 N–H and O–H groups in total. The Morgan fingerprint density at radius 3 is 2.25 bits per heavy atom. The van der Waals surface area contributed by atoms with Gasteiger partial charge in [0.25, 0.3) is 0 Å². The predicted octanol–water partition coefficient (Wildman–Crippen LogP) is 4.49. The molecule has 48 heavy (non-hydrogen) atoms. The van der Waals surface area contributed by atoms with Gasteiger partial charge in [0, 0.05) is 62.4 Å². The maximum absolute atomic E-state index is 14.1. The number of piperazine rings is 1. The molecule has 0 aliphatic carbocycles. The van der Waals surface area contributed by atoms with Gasteiger partial charge in [-0.3, -0.25) is 14.5 Å². The van der Waals surface area contributed by atoms with Gasteiger partial charge in [0.2, 0.25) is 11.8 Å². The van der Waals surface area contributed by atoms with E-state index in [4.69, 9.17) is 11.6 Å². The monoisotopic (exact) mass is 668 g/mol. The number of hydrogen-bond donors (Lipinski definition) is 2. The molecule has 3 saturated heterocycles. The number of nitrogens with one attached hydrogen (secondary N) is 2. The molecule has 0 unspecified atom stereocenters. The number of rotatable bonds is 9. The number of hydrogen-bond acceptors (Lipinski definition) is 6. The second kappa shape index (κ2) is 15.4. The van der Waals surface area contributed by atoms with Gasteiger partial charge in [-0.1, -0.05) is 66.2 Å². The third-order valence-electron chi connectivity index (χ3n) is 10.9. The Morgan fingerprint density at radius 2 is 1.50 bits per heavy atom. The summed E-state index contributed by atoms with van der Waals surface area (Å²) in [6, 6.07) is 24.3. The van der Waals surface area contributed by atoms with Crippen LogP contribution in [0.2, 0.25) is 5.02 Å². The minimum atomic E-state index is -0.653. The van der Waals surface area contributed by atoms with Gasteiger partial charge in [0.1, 0.15) is 6.04 Å². The normalized spacial score (nSPS) is 21.6. The van der Waals surface area contributed by atoms with Crippen molar-refractivity contribution in [2.75, 3.05) is 57.3 Å². The Hall–Kier alpha value is -3.43. The summed E-state index contributed by atoms with van der Waals surface area (Å²) in [6.45, 7) is 9.26. The first-order valence-electron chi connectivity index (χ1n) is 17.9. The number of para-hydroxylation sites is 1. The van der Waals surface area contributed by atoms with Crippen LogP contribution in [0.4, 0.5) is 5.69 Å². The molecule has 3 aromatic carbocycles. The van der Waals surface area contributed by atoms with Gasteiger partial charge in [-0.25, -0.2) is 0 Å². The van der Waals surface area contributed by atoms with E-state index in [-0.39, 0.29) is 17.9 Å². The molecule has 3 fully saturated rings. The number of anilines is 1. The molecular formula is C39H49ClN6O2. The van der Waals surface area contributed by atoms with Crippen LogP contribution in [0.15, 0.2) is 72.8 Å². The Balaban J connectivity index is 0.976. The van der Waals surface area contributed by atoms with Crippen LogP contribution in [0.25, 0.3) is 0 Å². The quantitative estimate of drug-likeness (QED) is 0.350. The highest BCUT2D eigenvalue weighted by atomic mass is 35.5. The number of halogens is 1. The van der Waals surface area contributed by atoms with Crippen molar-refractivity contribution in [3.8, 4) is 0 Å². The Labute approximate surface area is 290 Å². The first kappa shape index (κ1) is 33.1. The highest BCUT2D eigenvalue weighted by Crippen LogP contribution is 2.27. The average Bonchev–Trinajstić information content (AvgIpc) is 3.68. The third kappa shape index (κ3) is 7.89. The minimum absolute atomic E-state index is 0.0247. The largest absolute Gasteiger partial charge is 0.368 e. The third-order valence-corrected chi connectivity index (χ3v) is 11.1. The number of nitrogens with zero attached hydrogens (tertiary/aromatic N) is 4. The molecule has 0 saturated carbocycles. The van der Waals surface area contributed by atoms with E-state index in [2.05, 4.69) is 61.7 Å². The molecule has 0 radical (unpaired) electrons. The standard InChI is InChI=1S/C39H49ClN6O2/c40-33-13-11-29(12-14-33)25-36(42-38(47)35-26-30-7-1-2-8-31(30)27-41-35)39(48)46-23-21-45(22-24-46)37-10-4-3-9-32(37)28-43-19-15-34(16-20-43)44-17-5-6-18-44/h1-4,7-14,34-36,41H,5-6,15-28H2,(H,42,47)/t35-,36-/m1/s1. The summed E-state index contributed by atoms with van der Waals surface area (Å²) >= 11 is 6.16. The van der Waals surface area contributed by atoms with Crippen LogP contribution in [0.3, 0.4) is 0 Å². The van der Waals surface area contributed by atoms with Crippen LogP contribution in [0.1, 0.15) is 47.9 Å². The molecule has 9 heteroatoms. The van der Waals surface area contributed by atoms with E-state index in [0.717, 1.165) is 44.3 Å². The number of amides is 2. The van der Waals surface area contributed by atoms with E-state index in [0.29, 0.717) is 37.5 Å². The van der Waals surface area contributed by atoms with Gasteiger partial charge >= 0.3 is 0 Å². The number of piperidine rings is 1. The van der Waals surface area contributed by atoms with Crippen LogP contribution >= 0.6 is 11.6 Å². The number of benzene rings is 3. The highest BCUT2D eigenvalue weighted by Gasteiger charge is 2.33. The predicted molar refractivity (Wildman–Crippen MR) is 192 cm³/mol. The minimum Gasteiger partial charge on any atom is -0.368 e. The van der Waals surface area contributed by atoms with Crippen molar-refractivity contribution in [1.29, 1.82) is 0 Å². The molecule has 0 spiro atoms. The smallest absolute Gasteiger partial charge is 0.245 e. The number of carbonyl (C=O) groups excluding carboxylic acids is 2. The van der Waals surface area contributed by atoms with Crippen LogP contribution in [0.5, 0.6) is 0 Å². The van der Waals surface area contributed by atoms with E-state index in [9.17, 15) is 9.59 Å². The summed E-state index contributed by atoms with van der Waals surface area (Å²) in [7, 11) is 0. The van der Waals surface area contributed by atoms with Gasteiger partial charge in [-0.15, -0.1) is 0 Å². The molecule has 0 bridgehead atoms.